The average molecular weight is 395 g/mol. The number of hydrogen-bond donors (Lipinski definition) is 0. The summed E-state index contributed by atoms with van der Waals surface area (Å²) in [4.78, 5) is 0. The van der Waals surface area contributed by atoms with Gasteiger partial charge in [-0.3, -0.25) is 0 Å². The van der Waals surface area contributed by atoms with Crippen LogP contribution in [0.4, 0.5) is 0 Å². The van der Waals surface area contributed by atoms with Crippen molar-refractivity contribution in [1.82, 2.24) is 0 Å². The van der Waals surface area contributed by atoms with E-state index < -0.39 is 0 Å². The van der Waals surface area contributed by atoms with Crippen LogP contribution in [0.3, 0.4) is 0 Å². The summed E-state index contributed by atoms with van der Waals surface area (Å²) >= 11 is 0. The number of benzene rings is 2. The van der Waals surface area contributed by atoms with Crippen molar-refractivity contribution in [1.29, 1.82) is 0 Å². The summed E-state index contributed by atoms with van der Waals surface area (Å²) in [7, 11) is 0. The Labute approximate surface area is 173 Å². The lowest BCUT2D eigenvalue weighted by molar-refractivity contribution is 0.261. The maximum atomic E-state index is 5.89. The standard InChI is InChI=1S/C25H30O4/c1-16-9-18(5-7-24(16)28-14-22-12-26-22)20-3-4-21(11-20)19-6-8-25(17(2)10-19)29-15-23-13-27-23/h5-10,20-23H,3-4,11-15H2,1-2H3. The molecule has 29 heavy (non-hydrogen) atoms. The van der Waals surface area contributed by atoms with Gasteiger partial charge >= 0.3 is 0 Å². The molecule has 1 aliphatic carbocycles. The molecule has 3 fully saturated rings. The van der Waals surface area contributed by atoms with Crippen molar-refractivity contribution in [2.75, 3.05) is 26.4 Å². The predicted molar refractivity (Wildman–Crippen MR) is 112 cm³/mol. The van der Waals surface area contributed by atoms with Crippen LogP contribution in [0.5, 0.6) is 11.5 Å². The highest BCUT2D eigenvalue weighted by molar-refractivity contribution is 5.40. The molecular weight excluding hydrogens is 364 g/mol. The molecule has 0 amide bonds. The van der Waals surface area contributed by atoms with E-state index in [1.807, 2.05) is 0 Å². The molecule has 2 heterocycles. The summed E-state index contributed by atoms with van der Waals surface area (Å²) in [5.41, 5.74) is 5.34. The lowest BCUT2D eigenvalue weighted by atomic mass is 9.91. The molecule has 2 aromatic carbocycles. The van der Waals surface area contributed by atoms with Gasteiger partial charge in [-0.05, 0) is 79.3 Å². The molecule has 2 aliphatic heterocycles. The van der Waals surface area contributed by atoms with E-state index in [0.717, 1.165) is 24.7 Å². The second-order valence-electron chi connectivity index (χ2n) is 8.79. The van der Waals surface area contributed by atoms with Crippen molar-refractivity contribution in [3.8, 4) is 11.5 Å². The largest absolute Gasteiger partial charge is 0.491 e. The van der Waals surface area contributed by atoms with Crippen LogP contribution in [0.2, 0.25) is 0 Å². The minimum atomic E-state index is 0.298. The lowest BCUT2D eigenvalue weighted by Crippen LogP contribution is -2.06. The zero-order valence-electron chi connectivity index (χ0n) is 17.4. The van der Waals surface area contributed by atoms with E-state index in [-0.39, 0.29) is 0 Å². The highest BCUT2D eigenvalue weighted by Gasteiger charge is 2.28. The molecule has 0 spiro atoms. The molecule has 2 aromatic rings. The van der Waals surface area contributed by atoms with Crippen LogP contribution < -0.4 is 9.47 Å². The van der Waals surface area contributed by atoms with Crippen molar-refractivity contribution >= 4 is 0 Å². The van der Waals surface area contributed by atoms with Gasteiger partial charge < -0.3 is 18.9 Å². The molecule has 154 valence electrons. The van der Waals surface area contributed by atoms with E-state index in [4.69, 9.17) is 18.9 Å². The van der Waals surface area contributed by atoms with Crippen molar-refractivity contribution in [2.24, 2.45) is 0 Å². The Balaban J connectivity index is 1.21. The Bertz CT molecular complexity index is 798. The second-order valence-corrected chi connectivity index (χ2v) is 8.79. The normalized spacial score (nSPS) is 27.7. The van der Waals surface area contributed by atoms with Crippen molar-refractivity contribution in [3.05, 3.63) is 58.7 Å². The maximum Gasteiger partial charge on any atom is 0.122 e. The number of aryl methyl sites for hydroxylation is 2. The van der Waals surface area contributed by atoms with Gasteiger partial charge in [0.2, 0.25) is 0 Å². The van der Waals surface area contributed by atoms with Crippen molar-refractivity contribution in [2.45, 2.75) is 57.2 Å². The van der Waals surface area contributed by atoms with Gasteiger partial charge in [-0.2, -0.15) is 0 Å². The summed E-state index contributed by atoms with van der Waals surface area (Å²) in [5, 5.41) is 0. The number of rotatable bonds is 8. The van der Waals surface area contributed by atoms with Gasteiger partial charge in [-0.25, -0.2) is 0 Å². The first kappa shape index (κ1) is 19.0. The molecule has 4 heteroatoms. The fraction of sp³-hybridized carbons (Fsp3) is 0.520. The quantitative estimate of drug-likeness (QED) is 0.597. The van der Waals surface area contributed by atoms with E-state index >= 15 is 0 Å². The Morgan fingerprint density at radius 3 is 1.59 bits per heavy atom. The summed E-state index contributed by atoms with van der Waals surface area (Å²) in [5.74, 6) is 3.23. The zero-order chi connectivity index (χ0) is 19.8. The number of ether oxygens (including phenoxy) is 4. The molecule has 5 rings (SSSR count). The van der Waals surface area contributed by atoms with Gasteiger partial charge in [0.25, 0.3) is 0 Å². The van der Waals surface area contributed by atoms with E-state index in [9.17, 15) is 0 Å². The molecule has 0 N–H and O–H groups in total. The number of epoxide rings is 2. The Kier molecular flexibility index (Phi) is 5.23. The topological polar surface area (TPSA) is 43.5 Å². The molecule has 0 aromatic heterocycles. The van der Waals surface area contributed by atoms with Crippen molar-refractivity contribution < 1.29 is 18.9 Å². The molecule has 1 saturated carbocycles. The van der Waals surface area contributed by atoms with E-state index in [0.29, 0.717) is 37.3 Å². The van der Waals surface area contributed by atoms with Crippen LogP contribution in [0.1, 0.15) is 53.4 Å². The average Bonchev–Trinajstić information content (AvgIpc) is 3.65. The summed E-state index contributed by atoms with van der Waals surface area (Å²) < 4.78 is 22.2. The first-order valence-corrected chi connectivity index (χ1v) is 10.9. The fourth-order valence-electron chi connectivity index (χ4n) is 4.46. The van der Waals surface area contributed by atoms with E-state index in [2.05, 4.69) is 50.2 Å². The molecule has 4 atom stereocenters. The first-order valence-electron chi connectivity index (χ1n) is 10.9. The Morgan fingerprint density at radius 1 is 0.759 bits per heavy atom. The third-order valence-electron chi connectivity index (χ3n) is 6.43. The molecule has 4 nitrogen and oxygen atoms in total. The van der Waals surface area contributed by atoms with Gasteiger partial charge in [0, 0.05) is 0 Å². The summed E-state index contributed by atoms with van der Waals surface area (Å²) in [6, 6.07) is 13.4. The van der Waals surface area contributed by atoms with E-state index in [1.54, 1.807) is 0 Å². The van der Waals surface area contributed by atoms with Crippen molar-refractivity contribution in [3.63, 3.8) is 0 Å². The third-order valence-corrected chi connectivity index (χ3v) is 6.43. The van der Waals surface area contributed by atoms with Crippen LogP contribution >= 0.6 is 0 Å². The number of hydrogen-bond acceptors (Lipinski definition) is 4. The first-order chi connectivity index (χ1) is 14.2. The van der Waals surface area contributed by atoms with Gasteiger partial charge in [-0.1, -0.05) is 24.3 Å². The Hall–Kier alpha value is -2.04. The third kappa shape index (κ3) is 4.59. The fourth-order valence-corrected chi connectivity index (χ4v) is 4.46. The van der Waals surface area contributed by atoms with Gasteiger partial charge in [0.1, 0.15) is 36.9 Å². The molecule has 0 radical (unpaired) electrons. The SMILES string of the molecule is Cc1cc(C2CCC(c3ccc(OCC4CO4)c(C)c3)C2)ccc1OCC1CO1. The van der Waals surface area contributed by atoms with Crippen LogP contribution in [0, 0.1) is 13.8 Å². The molecule has 4 unspecified atom stereocenters. The van der Waals surface area contributed by atoms with Crippen LogP contribution in [-0.4, -0.2) is 38.6 Å². The van der Waals surface area contributed by atoms with Gasteiger partial charge in [0.15, 0.2) is 0 Å². The zero-order valence-corrected chi connectivity index (χ0v) is 17.4. The minimum Gasteiger partial charge on any atom is -0.491 e. The smallest absolute Gasteiger partial charge is 0.122 e. The maximum absolute atomic E-state index is 5.89. The highest BCUT2D eigenvalue weighted by Crippen LogP contribution is 2.45. The second kappa shape index (κ2) is 8.00. The monoisotopic (exact) mass is 394 g/mol. The van der Waals surface area contributed by atoms with Crippen LogP contribution in [0.15, 0.2) is 36.4 Å². The van der Waals surface area contributed by atoms with Gasteiger partial charge in [0.05, 0.1) is 13.2 Å². The minimum absolute atomic E-state index is 0.298. The molecule has 3 aliphatic rings. The van der Waals surface area contributed by atoms with Gasteiger partial charge in [-0.15, -0.1) is 0 Å². The highest BCUT2D eigenvalue weighted by atomic mass is 16.6. The van der Waals surface area contributed by atoms with Crippen LogP contribution in [0.25, 0.3) is 0 Å². The summed E-state index contributed by atoms with van der Waals surface area (Å²) in [6.45, 7) is 7.29. The molecular formula is C25H30O4. The Morgan fingerprint density at radius 2 is 1.21 bits per heavy atom. The lowest BCUT2D eigenvalue weighted by Gasteiger charge is -2.16. The summed E-state index contributed by atoms with van der Waals surface area (Å²) in [6.07, 6.45) is 4.30. The van der Waals surface area contributed by atoms with E-state index in [1.165, 1.54) is 41.5 Å². The predicted octanol–water partition coefficient (Wildman–Crippen LogP) is 4.91. The molecule has 0 bridgehead atoms. The molecule has 2 saturated heterocycles. The van der Waals surface area contributed by atoms with Crippen LogP contribution in [-0.2, 0) is 9.47 Å².